The number of para-hydroxylation sites is 1. The maximum Gasteiger partial charge on any atom is 0.257 e. The van der Waals surface area contributed by atoms with Crippen LogP contribution in [-0.4, -0.2) is 53.4 Å². The Balaban J connectivity index is 1.90. The van der Waals surface area contributed by atoms with Gasteiger partial charge in [0.2, 0.25) is 0 Å². The van der Waals surface area contributed by atoms with Crippen molar-refractivity contribution in [1.82, 2.24) is 4.90 Å². The number of rotatable bonds is 5. The number of benzene rings is 1. The fraction of sp³-hybridized carbons (Fsp3) is 0.533. The lowest BCUT2D eigenvalue weighted by Gasteiger charge is -2.32. The van der Waals surface area contributed by atoms with E-state index in [-0.39, 0.29) is 29.1 Å². The minimum absolute atomic E-state index is 0.137. The summed E-state index contributed by atoms with van der Waals surface area (Å²) in [7, 11) is 0. The lowest BCUT2D eigenvalue weighted by atomic mass is 10.1. The van der Waals surface area contributed by atoms with Crippen LogP contribution in [-0.2, 0) is 4.74 Å². The topological polar surface area (TPSA) is 96.0 Å². The van der Waals surface area contributed by atoms with Crippen LogP contribution in [0.1, 0.15) is 29.6 Å². The number of nitrogens with two attached hydrogens (primary N) is 1. The Bertz CT molecular complexity index is 485. The molecule has 0 spiro atoms. The monoisotopic (exact) mass is 294 g/mol. The molecule has 1 fully saturated rings. The first kappa shape index (κ1) is 15.6. The molecular weight excluding hydrogens is 272 g/mol. The molecule has 1 heterocycles. The van der Waals surface area contributed by atoms with Crippen LogP contribution >= 0.6 is 0 Å². The molecule has 1 aliphatic rings. The van der Waals surface area contributed by atoms with Gasteiger partial charge in [-0.3, -0.25) is 4.79 Å². The Hall–Kier alpha value is -1.79. The fourth-order valence-corrected chi connectivity index (χ4v) is 2.43. The quantitative estimate of drug-likeness (QED) is 0.557. The third kappa shape index (κ3) is 3.86. The molecule has 0 saturated carbocycles. The molecule has 0 atom stereocenters. The third-order valence-corrected chi connectivity index (χ3v) is 3.68. The number of likely N-dealkylation sites (tertiary alicyclic amines) is 1. The summed E-state index contributed by atoms with van der Waals surface area (Å²) in [5.41, 5.74) is 5.56. The van der Waals surface area contributed by atoms with Gasteiger partial charge in [-0.15, -0.1) is 0 Å². The van der Waals surface area contributed by atoms with E-state index in [0.717, 1.165) is 19.3 Å². The van der Waals surface area contributed by atoms with Crippen LogP contribution in [0.3, 0.4) is 0 Å². The van der Waals surface area contributed by atoms with Crippen molar-refractivity contribution in [1.29, 1.82) is 0 Å². The molecule has 0 unspecified atom stereocenters. The summed E-state index contributed by atoms with van der Waals surface area (Å²) in [6.45, 7) is 2.44. The molecule has 6 heteroatoms. The van der Waals surface area contributed by atoms with Gasteiger partial charge in [0.05, 0.1) is 11.7 Å². The zero-order valence-electron chi connectivity index (χ0n) is 12.0. The van der Waals surface area contributed by atoms with Crippen LogP contribution in [0.15, 0.2) is 18.2 Å². The second-order valence-corrected chi connectivity index (χ2v) is 5.18. The van der Waals surface area contributed by atoms with E-state index in [1.807, 2.05) is 0 Å². The van der Waals surface area contributed by atoms with E-state index in [9.17, 15) is 15.0 Å². The minimum Gasteiger partial charge on any atom is -0.504 e. The highest BCUT2D eigenvalue weighted by Crippen LogP contribution is 2.29. The fourth-order valence-electron chi connectivity index (χ4n) is 2.43. The smallest absolute Gasteiger partial charge is 0.257 e. The summed E-state index contributed by atoms with van der Waals surface area (Å²) < 4.78 is 5.69. The molecule has 1 aromatic rings. The highest BCUT2D eigenvalue weighted by Gasteiger charge is 2.26. The number of carbonyl (C=O) groups is 1. The molecule has 1 saturated heterocycles. The van der Waals surface area contributed by atoms with Crippen molar-refractivity contribution in [2.45, 2.75) is 25.4 Å². The average molecular weight is 294 g/mol. The van der Waals surface area contributed by atoms with E-state index in [1.54, 1.807) is 11.0 Å². The SMILES string of the molecule is NCCCOC1CCN(C(=O)c2cccc(O)c2O)CC1. The lowest BCUT2D eigenvalue weighted by molar-refractivity contribution is 0.00837. The Morgan fingerprint density at radius 2 is 2.05 bits per heavy atom. The summed E-state index contributed by atoms with van der Waals surface area (Å²) in [4.78, 5) is 14.0. The van der Waals surface area contributed by atoms with Crippen LogP contribution in [0, 0.1) is 0 Å². The van der Waals surface area contributed by atoms with E-state index in [4.69, 9.17) is 10.5 Å². The summed E-state index contributed by atoms with van der Waals surface area (Å²) in [6.07, 6.45) is 2.56. The zero-order chi connectivity index (χ0) is 15.2. The van der Waals surface area contributed by atoms with Crippen molar-refractivity contribution in [2.24, 2.45) is 5.73 Å². The lowest BCUT2D eigenvalue weighted by Crippen LogP contribution is -2.41. The van der Waals surface area contributed by atoms with E-state index in [1.165, 1.54) is 12.1 Å². The van der Waals surface area contributed by atoms with Crippen molar-refractivity contribution in [3.63, 3.8) is 0 Å². The molecular formula is C15H22N2O4. The highest BCUT2D eigenvalue weighted by atomic mass is 16.5. The predicted molar refractivity (Wildman–Crippen MR) is 78.3 cm³/mol. The van der Waals surface area contributed by atoms with Gasteiger partial charge in [0.15, 0.2) is 11.5 Å². The van der Waals surface area contributed by atoms with Gasteiger partial charge in [-0.1, -0.05) is 6.07 Å². The maximum atomic E-state index is 12.3. The number of aromatic hydroxyl groups is 2. The van der Waals surface area contributed by atoms with Gasteiger partial charge < -0.3 is 25.6 Å². The molecule has 6 nitrogen and oxygen atoms in total. The van der Waals surface area contributed by atoms with E-state index >= 15 is 0 Å². The molecule has 21 heavy (non-hydrogen) atoms. The molecule has 0 radical (unpaired) electrons. The molecule has 0 aliphatic carbocycles. The van der Waals surface area contributed by atoms with Crippen LogP contribution in [0.2, 0.25) is 0 Å². The van der Waals surface area contributed by atoms with Crippen molar-refractivity contribution in [3.8, 4) is 11.5 Å². The second kappa shape index (κ2) is 7.28. The molecule has 4 N–H and O–H groups in total. The number of hydrogen-bond donors (Lipinski definition) is 3. The van der Waals surface area contributed by atoms with Gasteiger partial charge in [-0.25, -0.2) is 0 Å². The number of hydrogen-bond acceptors (Lipinski definition) is 5. The normalized spacial score (nSPS) is 16.1. The molecule has 1 aromatic carbocycles. The van der Waals surface area contributed by atoms with Crippen LogP contribution in [0.25, 0.3) is 0 Å². The zero-order valence-corrected chi connectivity index (χ0v) is 12.0. The maximum absolute atomic E-state index is 12.3. The molecule has 116 valence electrons. The van der Waals surface area contributed by atoms with Crippen LogP contribution in [0.4, 0.5) is 0 Å². The Morgan fingerprint density at radius 3 is 2.71 bits per heavy atom. The first-order chi connectivity index (χ1) is 10.1. The summed E-state index contributed by atoms with van der Waals surface area (Å²) >= 11 is 0. The number of carbonyl (C=O) groups excluding carboxylic acids is 1. The Labute approximate surface area is 124 Å². The Morgan fingerprint density at radius 1 is 1.33 bits per heavy atom. The number of nitrogens with zero attached hydrogens (tertiary/aromatic N) is 1. The van der Waals surface area contributed by atoms with Crippen LogP contribution < -0.4 is 5.73 Å². The average Bonchev–Trinajstić information content (AvgIpc) is 2.50. The van der Waals surface area contributed by atoms with E-state index < -0.39 is 0 Å². The summed E-state index contributed by atoms with van der Waals surface area (Å²) in [6, 6.07) is 4.41. The summed E-state index contributed by atoms with van der Waals surface area (Å²) in [5.74, 6) is -0.895. The number of phenolic OH excluding ortho intramolecular Hbond substituents is 2. The van der Waals surface area contributed by atoms with Crippen molar-refractivity contribution in [2.75, 3.05) is 26.2 Å². The van der Waals surface area contributed by atoms with E-state index in [2.05, 4.69) is 0 Å². The van der Waals surface area contributed by atoms with Gasteiger partial charge in [-0.2, -0.15) is 0 Å². The number of piperidine rings is 1. The largest absolute Gasteiger partial charge is 0.504 e. The number of amides is 1. The minimum atomic E-state index is -0.358. The highest BCUT2D eigenvalue weighted by molar-refractivity contribution is 5.97. The van der Waals surface area contributed by atoms with Gasteiger partial charge in [0, 0.05) is 19.7 Å². The van der Waals surface area contributed by atoms with Gasteiger partial charge >= 0.3 is 0 Å². The second-order valence-electron chi connectivity index (χ2n) is 5.18. The van der Waals surface area contributed by atoms with E-state index in [0.29, 0.717) is 26.2 Å². The molecule has 0 bridgehead atoms. The molecule has 0 aromatic heterocycles. The molecule has 1 amide bonds. The first-order valence-corrected chi connectivity index (χ1v) is 7.25. The first-order valence-electron chi connectivity index (χ1n) is 7.25. The van der Waals surface area contributed by atoms with Gasteiger partial charge in [0.25, 0.3) is 5.91 Å². The number of ether oxygens (including phenoxy) is 1. The molecule has 2 rings (SSSR count). The Kier molecular flexibility index (Phi) is 5.41. The predicted octanol–water partition coefficient (Wildman–Crippen LogP) is 1.07. The number of phenols is 2. The van der Waals surface area contributed by atoms with Gasteiger partial charge in [0.1, 0.15) is 0 Å². The molecule has 1 aliphatic heterocycles. The third-order valence-electron chi connectivity index (χ3n) is 3.68. The van der Waals surface area contributed by atoms with Crippen molar-refractivity contribution < 1.29 is 19.7 Å². The van der Waals surface area contributed by atoms with Crippen molar-refractivity contribution in [3.05, 3.63) is 23.8 Å². The van der Waals surface area contributed by atoms with Crippen molar-refractivity contribution >= 4 is 5.91 Å². The van der Waals surface area contributed by atoms with Gasteiger partial charge in [-0.05, 0) is 37.9 Å². The summed E-state index contributed by atoms with van der Waals surface area (Å²) in [5, 5.41) is 19.2. The standard InChI is InChI=1S/C15H22N2O4/c16-7-2-10-21-11-5-8-17(9-6-11)15(20)12-3-1-4-13(18)14(12)19/h1,3-4,11,18-19H,2,5-10,16H2. The van der Waals surface area contributed by atoms with Crippen LogP contribution in [0.5, 0.6) is 11.5 Å².